The van der Waals surface area contributed by atoms with Crippen molar-refractivity contribution in [1.82, 2.24) is 10.2 Å². The average Bonchev–Trinajstić information content (AvgIpc) is 3.08. The number of esters is 1. The van der Waals surface area contributed by atoms with Crippen LogP contribution in [0.4, 0.5) is 0 Å². The van der Waals surface area contributed by atoms with Gasteiger partial charge >= 0.3 is 5.97 Å². The smallest absolute Gasteiger partial charge is 0.318 e. The third kappa shape index (κ3) is 4.17. The Hall–Kier alpha value is -3.41. The summed E-state index contributed by atoms with van der Waals surface area (Å²) in [6.07, 6.45) is 4.03. The molecule has 6 heteroatoms. The first-order valence-corrected chi connectivity index (χ1v) is 11.6. The predicted octanol–water partition coefficient (Wildman–Crippen LogP) is 4.07. The molecule has 1 fully saturated rings. The third-order valence-electron chi connectivity index (χ3n) is 6.73. The topological polar surface area (TPSA) is 75.7 Å². The molecule has 2 aromatic rings. The van der Waals surface area contributed by atoms with Gasteiger partial charge in [-0.25, -0.2) is 0 Å². The third-order valence-corrected chi connectivity index (χ3v) is 6.73. The second-order valence-electron chi connectivity index (χ2n) is 8.59. The van der Waals surface area contributed by atoms with Gasteiger partial charge in [-0.2, -0.15) is 0 Å². The van der Waals surface area contributed by atoms with Gasteiger partial charge in [-0.05, 0) is 42.9 Å². The molecule has 1 N–H and O–H groups in total. The monoisotopic (exact) mass is 446 g/mol. The minimum absolute atomic E-state index is 0.0328. The summed E-state index contributed by atoms with van der Waals surface area (Å²) in [4.78, 5) is 40.9. The molecule has 0 radical (unpaired) electrons. The fraction of sp³-hybridized carbons (Fsp3) is 0.370. The first-order chi connectivity index (χ1) is 16.0. The number of nitrogens with one attached hydrogen (secondary N) is 1. The van der Waals surface area contributed by atoms with Crippen molar-refractivity contribution in [3.05, 3.63) is 71.9 Å². The summed E-state index contributed by atoms with van der Waals surface area (Å²) in [6, 6.07) is 18.2. The normalized spacial score (nSPS) is 21.9. The molecule has 1 aliphatic heterocycles. The molecule has 33 heavy (non-hydrogen) atoms. The molecule has 6 nitrogen and oxygen atoms in total. The predicted molar refractivity (Wildman–Crippen MR) is 126 cm³/mol. The van der Waals surface area contributed by atoms with Crippen LogP contribution in [0.5, 0.6) is 0 Å². The molecule has 2 aliphatic rings. The number of benzene rings is 2. The number of ether oxygens (including phenoxy) is 1. The van der Waals surface area contributed by atoms with E-state index >= 15 is 0 Å². The molecule has 1 heterocycles. The Bertz CT molecular complexity index is 1060. The van der Waals surface area contributed by atoms with Crippen LogP contribution >= 0.6 is 0 Å². The number of carbonyl (C=O) groups excluding carboxylic acids is 3. The van der Waals surface area contributed by atoms with Gasteiger partial charge in [0.1, 0.15) is 5.41 Å². The van der Waals surface area contributed by atoms with E-state index in [1.54, 1.807) is 18.9 Å². The minimum atomic E-state index is -1.10. The summed E-state index contributed by atoms with van der Waals surface area (Å²) in [5.74, 6) is -1.60. The highest BCUT2D eigenvalue weighted by molar-refractivity contribution is 5.99. The zero-order valence-corrected chi connectivity index (χ0v) is 19.2. The van der Waals surface area contributed by atoms with E-state index in [-0.39, 0.29) is 24.8 Å². The lowest BCUT2D eigenvalue weighted by Gasteiger charge is -2.35. The van der Waals surface area contributed by atoms with Crippen LogP contribution in [-0.2, 0) is 25.7 Å². The second kappa shape index (κ2) is 9.61. The van der Waals surface area contributed by atoms with Crippen molar-refractivity contribution in [1.29, 1.82) is 0 Å². The highest BCUT2D eigenvalue weighted by Gasteiger charge is 2.62. The van der Waals surface area contributed by atoms with Crippen LogP contribution in [0.3, 0.4) is 0 Å². The van der Waals surface area contributed by atoms with Crippen molar-refractivity contribution >= 4 is 17.8 Å². The Morgan fingerprint density at radius 3 is 2.45 bits per heavy atom. The summed E-state index contributed by atoms with van der Waals surface area (Å²) >= 11 is 0. The number of nitrogens with zero attached hydrogens (tertiary/aromatic N) is 1. The van der Waals surface area contributed by atoms with Crippen molar-refractivity contribution in [2.45, 2.75) is 39.2 Å². The van der Waals surface area contributed by atoms with E-state index in [1.165, 1.54) is 0 Å². The summed E-state index contributed by atoms with van der Waals surface area (Å²) in [5, 5.41) is 2.60. The molecule has 0 spiro atoms. The molecule has 2 amide bonds. The van der Waals surface area contributed by atoms with Gasteiger partial charge in [0.05, 0.1) is 19.1 Å². The minimum Gasteiger partial charge on any atom is -0.465 e. The van der Waals surface area contributed by atoms with Crippen molar-refractivity contribution in [3.63, 3.8) is 0 Å². The van der Waals surface area contributed by atoms with Gasteiger partial charge in [0.2, 0.25) is 11.8 Å². The van der Waals surface area contributed by atoms with E-state index < -0.39 is 17.3 Å². The largest absolute Gasteiger partial charge is 0.465 e. The molecule has 2 atom stereocenters. The molecule has 1 saturated heterocycles. The lowest BCUT2D eigenvalue weighted by molar-refractivity contribution is -0.158. The average molecular weight is 447 g/mol. The summed E-state index contributed by atoms with van der Waals surface area (Å²) in [5.41, 5.74) is 2.79. The van der Waals surface area contributed by atoms with Crippen molar-refractivity contribution in [2.24, 2.45) is 11.3 Å². The SMILES string of the molecule is CCOC(=O)[C@@]12CCCC=C1N(Cc1ccc(-c3ccccc3)cc1)C(=O)[C@H]2CC(=O)NC. The second-order valence-corrected chi connectivity index (χ2v) is 8.59. The lowest BCUT2D eigenvalue weighted by atomic mass is 9.68. The Labute approximate surface area is 194 Å². The number of allylic oxidation sites excluding steroid dienone is 1. The molecular weight excluding hydrogens is 416 g/mol. The number of hydrogen-bond acceptors (Lipinski definition) is 4. The van der Waals surface area contributed by atoms with Crippen molar-refractivity contribution in [2.75, 3.05) is 13.7 Å². The summed E-state index contributed by atoms with van der Waals surface area (Å²) in [6.45, 7) is 2.35. The van der Waals surface area contributed by atoms with Crippen molar-refractivity contribution in [3.8, 4) is 11.1 Å². The molecular formula is C27H30N2O4. The maximum atomic E-state index is 13.6. The fourth-order valence-corrected chi connectivity index (χ4v) is 5.09. The van der Waals surface area contributed by atoms with Crippen LogP contribution in [0.1, 0.15) is 38.2 Å². The number of likely N-dealkylation sites (tertiary alicyclic amines) is 1. The highest BCUT2D eigenvalue weighted by Crippen LogP contribution is 2.54. The van der Waals surface area contributed by atoms with Crippen LogP contribution < -0.4 is 5.32 Å². The van der Waals surface area contributed by atoms with E-state index in [0.717, 1.165) is 29.5 Å². The van der Waals surface area contributed by atoms with Crippen molar-refractivity contribution < 1.29 is 19.1 Å². The van der Waals surface area contributed by atoms with Crippen LogP contribution in [0.15, 0.2) is 66.4 Å². The molecule has 1 aliphatic carbocycles. The standard InChI is InChI=1S/C27H30N2O4/c1-3-33-26(32)27-16-8-7-11-23(27)29(25(31)22(27)17-24(30)28-2)18-19-12-14-21(15-13-19)20-9-5-4-6-10-20/h4-6,9-15,22H,3,7-8,16-18H2,1-2H3,(H,28,30)/t22-,27-/m1/s1. The first-order valence-electron chi connectivity index (χ1n) is 11.6. The van der Waals surface area contributed by atoms with E-state index in [0.29, 0.717) is 18.7 Å². The van der Waals surface area contributed by atoms with Gasteiger partial charge in [-0.15, -0.1) is 0 Å². The summed E-state index contributed by atoms with van der Waals surface area (Å²) in [7, 11) is 1.54. The molecule has 0 aromatic heterocycles. The first kappa shape index (κ1) is 22.8. The number of fused-ring (bicyclic) bond motifs is 1. The Kier molecular flexibility index (Phi) is 6.63. The van der Waals surface area contributed by atoms with Gasteiger partial charge in [0, 0.05) is 19.2 Å². The zero-order chi connectivity index (χ0) is 23.4. The Balaban J connectivity index is 1.66. The van der Waals surface area contributed by atoms with Gasteiger partial charge in [0.25, 0.3) is 0 Å². The van der Waals surface area contributed by atoms with E-state index in [9.17, 15) is 14.4 Å². The van der Waals surface area contributed by atoms with Crippen LogP contribution in [0.25, 0.3) is 11.1 Å². The zero-order valence-electron chi connectivity index (χ0n) is 19.2. The summed E-state index contributed by atoms with van der Waals surface area (Å²) < 4.78 is 5.45. The van der Waals surface area contributed by atoms with E-state index in [4.69, 9.17) is 4.74 Å². The van der Waals surface area contributed by atoms with Gasteiger partial charge in [-0.3, -0.25) is 14.4 Å². The highest BCUT2D eigenvalue weighted by atomic mass is 16.5. The van der Waals surface area contributed by atoms with Crippen LogP contribution in [0.2, 0.25) is 0 Å². The maximum Gasteiger partial charge on any atom is 0.318 e. The van der Waals surface area contributed by atoms with Crippen LogP contribution in [-0.4, -0.2) is 36.3 Å². The number of carbonyl (C=O) groups is 3. The van der Waals surface area contributed by atoms with E-state index in [1.807, 2.05) is 48.5 Å². The molecule has 0 unspecified atom stereocenters. The van der Waals surface area contributed by atoms with Gasteiger partial charge < -0.3 is 15.0 Å². The number of amides is 2. The fourth-order valence-electron chi connectivity index (χ4n) is 5.09. The Morgan fingerprint density at radius 1 is 1.09 bits per heavy atom. The quantitative estimate of drug-likeness (QED) is 0.651. The molecule has 4 rings (SSSR count). The number of hydrogen-bond donors (Lipinski definition) is 1. The van der Waals surface area contributed by atoms with E-state index in [2.05, 4.69) is 17.4 Å². The maximum absolute atomic E-state index is 13.6. The van der Waals surface area contributed by atoms with Crippen LogP contribution in [0, 0.1) is 11.3 Å². The Morgan fingerprint density at radius 2 is 1.79 bits per heavy atom. The molecule has 172 valence electrons. The lowest BCUT2D eigenvalue weighted by Crippen LogP contribution is -2.42. The van der Waals surface area contributed by atoms with Gasteiger partial charge in [0.15, 0.2) is 0 Å². The number of rotatable bonds is 7. The molecule has 0 bridgehead atoms. The van der Waals surface area contributed by atoms with Gasteiger partial charge in [-0.1, -0.05) is 60.7 Å². The molecule has 2 aromatic carbocycles. The molecule has 0 saturated carbocycles.